The highest BCUT2D eigenvalue weighted by atomic mass is 16.5. The van der Waals surface area contributed by atoms with Crippen LogP contribution in [0.2, 0.25) is 0 Å². The first-order valence-corrected chi connectivity index (χ1v) is 9.60. The summed E-state index contributed by atoms with van der Waals surface area (Å²) in [4.78, 5) is 4.58. The topological polar surface area (TPSA) is 54.9 Å². The lowest BCUT2D eigenvalue weighted by atomic mass is 10.1. The number of ether oxygens (including phenoxy) is 2. The largest absolute Gasteiger partial charge is 0.379 e. The van der Waals surface area contributed by atoms with Crippen LogP contribution < -0.4 is 10.6 Å². The molecule has 2 rings (SSSR count). The molecular formula is C18H35N3O2. The van der Waals surface area contributed by atoms with E-state index in [4.69, 9.17) is 9.47 Å². The maximum Gasteiger partial charge on any atom is 0.191 e. The lowest BCUT2D eigenvalue weighted by molar-refractivity contribution is 0.0487. The summed E-state index contributed by atoms with van der Waals surface area (Å²) in [7, 11) is 0. The minimum Gasteiger partial charge on any atom is -0.379 e. The molecule has 0 aromatic carbocycles. The van der Waals surface area contributed by atoms with Gasteiger partial charge in [-0.3, -0.25) is 4.99 Å². The van der Waals surface area contributed by atoms with Gasteiger partial charge in [-0.25, -0.2) is 0 Å². The number of nitrogens with zero attached hydrogens (tertiary/aromatic N) is 1. The van der Waals surface area contributed by atoms with Crippen LogP contribution in [0.25, 0.3) is 0 Å². The van der Waals surface area contributed by atoms with Crippen molar-refractivity contribution in [1.82, 2.24) is 10.6 Å². The van der Waals surface area contributed by atoms with Gasteiger partial charge in [0.2, 0.25) is 0 Å². The summed E-state index contributed by atoms with van der Waals surface area (Å²) in [5, 5.41) is 6.59. The maximum absolute atomic E-state index is 5.98. The SMILES string of the molecule is CCNC(=NCCOC1CCCCCC1)NCCOCC1CC1. The third kappa shape index (κ3) is 9.16. The third-order valence-electron chi connectivity index (χ3n) is 4.45. The monoisotopic (exact) mass is 325 g/mol. The fourth-order valence-corrected chi connectivity index (χ4v) is 2.90. The molecule has 0 aromatic rings. The second-order valence-corrected chi connectivity index (χ2v) is 6.69. The average molecular weight is 325 g/mol. The van der Waals surface area contributed by atoms with E-state index >= 15 is 0 Å². The van der Waals surface area contributed by atoms with E-state index in [1.54, 1.807) is 0 Å². The molecular weight excluding hydrogens is 290 g/mol. The summed E-state index contributed by atoms with van der Waals surface area (Å²) >= 11 is 0. The van der Waals surface area contributed by atoms with Crippen LogP contribution in [0, 0.1) is 5.92 Å². The van der Waals surface area contributed by atoms with Crippen LogP contribution in [0.1, 0.15) is 58.3 Å². The zero-order valence-corrected chi connectivity index (χ0v) is 14.8. The van der Waals surface area contributed by atoms with E-state index in [1.165, 1.54) is 51.4 Å². The molecule has 0 saturated heterocycles. The zero-order valence-electron chi connectivity index (χ0n) is 14.8. The Balaban J connectivity index is 1.54. The second kappa shape index (κ2) is 11.7. The van der Waals surface area contributed by atoms with E-state index in [1.807, 2.05) is 0 Å². The smallest absolute Gasteiger partial charge is 0.191 e. The van der Waals surface area contributed by atoms with Gasteiger partial charge in [0.1, 0.15) is 0 Å². The zero-order chi connectivity index (χ0) is 16.2. The highest BCUT2D eigenvalue weighted by Gasteiger charge is 2.20. The van der Waals surface area contributed by atoms with E-state index in [9.17, 15) is 0 Å². The molecule has 0 atom stereocenters. The minimum absolute atomic E-state index is 0.457. The number of aliphatic imine (C=N–C) groups is 1. The van der Waals surface area contributed by atoms with Gasteiger partial charge in [-0.2, -0.15) is 0 Å². The molecule has 2 saturated carbocycles. The van der Waals surface area contributed by atoms with Crippen molar-refractivity contribution in [2.75, 3.05) is 39.5 Å². The standard InChI is InChI=1S/C18H35N3O2/c1-2-19-18(20-11-13-22-15-16-9-10-16)21-12-14-23-17-7-5-3-4-6-8-17/h16-17H,2-15H2,1H3,(H2,19,20,21). The van der Waals surface area contributed by atoms with Gasteiger partial charge < -0.3 is 20.1 Å². The van der Waals surface area contributed by atoms with Crippen LogP contribution in [-0.2, 0) is 9.47 Å². The molecule has 134 valence electrons. The Morgan fingerprint density at radius 2 is 1.78 bits per heavy atom. The van der Waals surface area contributed by atoms with Gasteiger partial charge in [0.15, 0.2) is 5.96 Å². The van der Waals surface area contributed by atoms with Gasteiger partial charge in [-0.15, -0.1) is 0 Å². The molecule has 0 amide bonds. The number of guanidine groups is 1. The molecule has 0 aromatic heterocycles. The van der Waals surface area contributed by atoms with Crippen molar-refractivity contribution in [3.63, 3.8) is 0 Å². The molecule has 0 unspecified atom stereocenters. The summed E-state index contributed by atoms with van der Waals surface area (Å²) in [6, 6.07) is 0. The van der Waals surface area contributed by atoms with Crippen LogP contribution in [0.3, 0.4) is 0 Å². The molecule has 2 aliphatic rings. The van der Waals surface area contributed by atoms with Crippen molar-refractivity contribution < 1.29 is 9.47 Å². The molecule has 23 heavy (non-hydrogen) atoms. The summed E-state index contributed by atoms with van der Waals surface area (Å²) in [6.07, 6.45) is 11.0. The van der Waals surface area contributed by atoms with Gasteiger partial charge in [-0.1, -0.05) is 25.7 Å². The van der Waals surface area contributed by atoms with Crippen molar-refractivity contribution in [3.05, 3.63) is 0 Å². The first-order valence-electron chi connectivity index (χ1n) is 9.60. The normalized spacial score (nSPS) is 20.3. The predicted octanol–water partition coefficient (Wildman–Crippen LogP) is 2.71. The molecule has 5 nitrogen and oxygen atoms in total. The molecule has 0 aliphatic heterocycles. The Hall–Kier alpha value is -0.810. The maximum atomic E-state index is 5.98. The molecule has 0 radical (unpaired) electrons. The van der Waals surface area contributed by atoms with Crippen molar-refractivity contribution in [3.8, 4) is 0 Å². The highest BCUT2D eigenvalue weighted by molar-refractivity contribution is 5.79. The van der Waals surface area contributed by atoms with E-state index in [0.717, 1.165) is 51.3 Å². The lowest BCUT2D eigenvalue weighted by Crippen LogP contribution is -2.39. The Labute approximate surface area is 141 Å². The minimum atomic E-state index is 0.457. The van der Waals surface area contributed by atoms with Gasteiger partial charge in [0.05, 0.1) is 25.9 Å². The van der Waals surface area contributed by atoms with Crippen molar-refractivity contribution in [1.29, 1.82) is 0 Å². The summed E-state index contributed by atoms with van der Waals surface area (Å²) in [5.41, 5.74) is 0. The van der Waals surface area contributed by atoms with Gasteiger partial charge in [0, 0.05) is 19.7 Å². The number of hydrogen-bond donors (Lipinski definition) is 2. The van der Waals surface area contributed by atoms with E-state index in [-0.39, 0.29) is 0 Å². The Kier molecular flexibility index (Phi) is 9.41. The van der Waals surface area contributed by atoms with E-state index in [2.05, 4.69) is 22.5 Å². The molecule has 2 N–H and O–H groups in total. The van der Waals surface area contributed by atoms with Gasteiger partial charge in [0.25, 0.3) is 0 Å². The van der Waals surface area contributed by atoms with Crippen LogP contribution in [0.15, 0.2) is 4.99 Å². The fraction of sp³-hybridized carbons (Fsp3) is 0.944. The van der Waals surface area contributed by atoms with Crippen LogP contribution >= 0.6 is 0 Å². The quantitative estimate of drug-likeness (QED) is 0.281. The molecule has 2 fully saturated rings. The highest BCUT2D eigenvalue weighted by Crippen LogP contribution is 2.28. The van der Waals surface area contributed by atoms with Gasteiger partial charge in [-0.05, 0) is 38.5 Å². The number of rotatable bonds is 10. The number of nitrogens with one attached hydrogen (secondary N) is 2. The van der Waals surface area contributed by atoms with Crippen LogP contribution in [0.4, 0.5) is 0 Å². The van der Waals surface area contributed by atoms with Crippen molar-refractivity contribution in [2.45, 2.75) is 64.4 Å². The second-order valence-electron chi connectivity index (χ2n) is 6.69. The lowest BCUT2D eigenvalue weighted by Gasteiger charge is -2.15. The van der Waals surface area contributed by atoms with Gasteiger partial charge >= 0.3 is 0 Å². The number of hydrogen-bond acceptors (Lipinski definition) is 3. The Bertz CT molecular complexity index is 324. The van der Waals surface area contributed by atoms with Crippen molar-refractivity contribution in [2.24, 2.45) is 10.9 Å². The molecule has 2 aliphatic carbocycles. The molecule has 0 heterocycles. The predicted molar refractivity (Wildman–Crippen MR) is 95.0 cm³/mol. The molecule has 0 bridgehead atoms. The summed E-state index contributed by atoms with van der Waals surface area (Å²) < 4.78 is 11.6. The first kappa shape index (κ1) is 18.5. The summed E-state index contributed by atoms with van der Waals surface area (Å²) in [6.45, 7) is 6.88. The van der Waals surface area contributed by atoms with Crippen molar-refractivity contribution >= 4 is 5.96 Å². The average Bonchev–Trinajstić information content (AvgIpc) is 3.38. The van der Waals surface area contributed by atoms with Crippen LogP contribution in [0.5, 0.6) is 0 Å². The molecule has 5 heteroatoms. The van der Waals surface area contributed by atoms with E-state index < -0.39 is 0 Å². The fourth-order valence-electron chi connectivity index (χ4n) is 2.90. The van der Waals surface area contributed by atoms with Crippen LogP contribution in [-0.4, -0.2) is 51.5 Å². The Morgan fingerprint density at radius 3 is 2.48 bits per heavy atom. The first-order chi connectivity index (χ1) is 11.4. The summed E-state index contributed by atoms with van der Waals surface area (Å²) in [5.74, 6) is 1.70. The van der Waals surface area contributed by atoms with E-state index in [0.29, 0.717) is 6.10 Å². The third-order valence-corrected chi connectivity index (χ3v) is 4.45. The molecule has 0 spiro atoms. The Morgan fingerprint density at radius 1 is 1.00 bits per heavy atom.